The lowest BCUT2D eigenvalue weighted by Crippen LogP contribution is -1.99. The predicted molar refractivity (Wildman–Crippen MR) is 77.0 cm³/mol. The molecule has 0 saturated carbocycles. The summed E-state index contributed by atoms with van der Waals surface area (Å²) >= 11 is 1.52. The number of rotatable bonds is 6. The van der Waals surface area contributed by atoms with Crippen molar-refractivity contribution < 1.29 is 9.47 Å². The van der Waals surface area contributed by atoms with Gasteiger partial charge in [-0.15, -0.1) is 11.3 Å². The molecular formula is C13H15N3O2S. The maximum atomic E-state index is 5.35. The SMILES string of the molecule is COCOc1cccc(C=NNc2nc(C)cs2)c1. The molecule has 1 aromatic carbocycles. The third-order valence-corrected chi connectivity index (χ3v) is 3.06. The van der Waals surface area contributed by atoms with E-state index in [0.717, 1.165) is 22.1 Å². The number of nitrogens with one attached hydrogen (secondary N) is 1. The first kappa shape index (κ1) is 13.5. The molecule has 0 radical (unpaired) electrons. The lowest BCUT2D eigenvalue weighted by molar-refractivity contribution is 0.0511. The van der Waals surface area contributed by atoms with Gasteiger partial charge in [0, 0.05) is 12.5 Å². The monoisotopic (exact) mass is 277 g/mol. The highest BCUT2D eigenvalue weighted by Gasteiger charge is 1.96. The van der Waals surface area contributed by atoms with E-state index >= 15 is 0 Å². The number of hydrogen-bond donors (Lipinski definition) is 1. The Kier molecular flexibility index (Phi) is 4.88. The molecule has 0 spiro atoms. The summed E-state index contributed by atoms with van der Waals surface area (Å²) in [6.45, 7) is 2.18. The molecule has 0 bridgehead atoms. The highest BCUT2D eigenvalue weighted by Crippen LogP contribution is 2.15. The number of anilines is 1. The van der Waals surface area contributed by atoms with Crippen LogP contribution in [0.1, 0.15) is 11.3 Å². The molecule has 0 amide bonds. The Hall–Kier alpha value is -1.92. The first-order chi connectivity index (χ1) is 9.28. The van der Waals surface area contributed by atoms with Crippen LogP contribution in [0.3, 0.4) is 0 Å². The Morgan fingerprint density at radius 3 is 3.11 bits per heavy atom. The average molecular weight is 277 g/mol. The summed E-state index contributed by atoms with van der Waals surface area (Å²) in [4.78, 5) is 4.25. The highest BCUT2D eigenvalue weighted by molar-refractivity contribution is 7.13. The fraction of sp³-hybridized carbons (Fsp3) is 0.231. The standard InChI is InChI=1S/C13H15N3O2S/c1-10-8-19-13(15-10)16-14-7-11-4-3-5-12(6-11)18-9-17-2/h3-8H,9H2,1-2H3,(H,15,16). The van der Waals surface area contributed by atoms with Crippen molar-refractivity contribution in [1.82, 2.24) is 4.98 Å². The van der Waals surface area contributed by atoms with Crippen molar-refractivity contribution in [1.29, 1.82) is 0 Å². The summed E-state index contributed by atoms with van der Waals surface area (Å²) in [5.41, 5.74) is 4.81. The summed E-state index contributed by atoms with van der Waals surface area (Å²) in [6, 6.07) is 7.60. The Labute approximate surface area is 115 Å². The molecule has 0 aliphatic heterocycles. The van der Waals surface area contributed by atoms with Gasteiger partial charge in [0.2, 0.25) is 5.13 Å². The third kappa shape index (κ3) is 4.35. The first-order valence-corrected chi connectivity index (χ1v) is 6.59. The topological polar surface area (TPSA) is 55.7 Å². The molecule has 2 rings (SSSR count). The quantitative estimate of drug-likeness (QED) is 0.501. The molecule has 0 unspecified atom stereocenters. The number of hydrogen-bond acceptors (Lipinski definition) is 6. The van der Waals surface area contributed by atoms with Crippen LogP contribution in [0.4, 0.5) is 5.13 Å². The van der Waals surface area contributed by atoms with Gasteiger partial charge in [-0.1, -0.05) is 12.1 Å². The van der Waals surface area contributed by atoms with Crippen molar-refractivity contribution >= 4 is 22.7 Å². The summed E-state index contributed by atoms with van der Waals surface area (Å²) < 4.78 is 10.2. The fourth-order valence-electron chi connectivity index (χ4n) is 1.38. The van der Waals surface area contributed by atoms with Crippen LogP contribution in [0.25, 0.3) is 0 Å². The van der Waals surface area contributed by atoms with E-state index in [0.29, 0.717) is 0 Å². The molecule has 5 nitrogen and oxygen atoms in total. The maximum absolute atomic E-state index is 5.35. The van der Waals surface area contributed by atoms with Crippen LogP contribution in [0.2, 0.25) is 0 Å². The Bertz CT molecular complexity index is 554. The molecule has 1 heterocycles. The molecule has 0 fully saturated rings. The van der Waals surface area contributed by atoms with E-state index in [2.05, 4.69) is 15.5 Å². The van der Waals surface area contributed by atoms with E-state index in [1.165, 1.54) is 11.3 Å². The Balaban J connectivity index is 1.94. The van der Waals surface area contributed by atoms with Crippen molar-refractivity contribution in [2.24, 2.45) is 5.10 Å². The van der Waals surface area contributed by atoms with Gasteiger partial charge in [0.1, 0.15) is 5.75 Å². The second-order valence-electron chi connectivity index (χ2n) is 3.79. The highest BCUT2D eigenvalue weighted by atomic mass is 32.1. The van der Waals surface area contributed by atoms with Gasteiger partial charge >= 0.3 is 0 Å². The number of nitrogens with zero attached hydrogens (tertiary/aromatic N) is 2. The number of hydrazone groups is 1. The zero-order valence-electron chi connectivity index (χ0n) is 10.8. The lowest BCUT2D eigenvalue weighted by atomic mass is 10.2. The fourth-order valence-corrected chi connectivity index (χ4v) is 2.02. The van der Waals surface area contributed by atoms with Crippen LogP contribution < -0.4 is 10.2 Å². The minimum atomic E-state index is 0.233. The number of aryl methyl sites for hydroxylation is 1. The number of benzene rings is 1. The third-order valence-electron chi connectivity index (χ3n) is 2.19. The normalized spacial score (nSPS) is 10.8. The summed E-state index contributed by atoms with van der Waals surface area (Å²) in [7, 11) is 1.59. The second-order valence-corrected chi connectivity index (χ2v) is 4.65. The van der Waals surface area contributed by atoms with Gasteiger partial charge in [0.05, 0.1) is 11.9 Å². The molecule has 19 heavy (non-hydrogen) atoms. The van der Waals surface area contributed by atoms with Crippen LogP contribution in [0, 0.1) is 6.92 Å². The van der Waals surface area contributed by atoms with E-state index in [1.807, 2.05) is 36.6 Å². The predicted octanol–water partition coefficient (Wildman–Crippen LogP) is 2.88. The smallest absolute Gasteiger partial charge is 0.203 e. The van der Waals surface area contributed by atoms with Gasteiger partial charge in [-0.3, -0.25) is 5.43 Å². The van der Waals surface area contributed by atoms with Gasteiger partial charge in [0.15, 0.2) is 6.79 Å². The average Bonchev–Trinajstić information content (AvgIpc) is 2.83. The molecule has 6 heteroatoms. The van der Waals surface area contributed by atoms with Crippen molar-refractivity contribution in [3.05, 3.63) is 40.9 Å². The maximum Gasteiger partial charge on any atom is 0.203 e. The molecule has 0 saturated heterocycles. The number of methoxy groups -OCH3 is 1. The van der Waals surface area contributed by atoms with E-state index in [-0.39, 0.29) is 6.79 Å². The van der Waals surface area contributed by atoms with Crippen molar-refractivity contribution in [2.75, 3.05) is 19.3 Å². The molecule has 1 aromatic heterocycles. The van der Waals surface area contributed by atoms with Crippen LogP contribution in [-0.2, 0) is 4.74 Å². The van der Waals surface area contributed by atoms with E-state index in [1.54, 1.807) is 13.3 Å². The zero-order valence-corrected chi connectivity index (χ0v) is 11.6. The number of thiazole rings is 1. The van der Waals surface area contributed by atoms with Crippen LogP contribution in [0.15, 0.2) is 34.7 Å². The lowest BCUT2D eigenvalue weighted by Gasteiger charge is -2.04. The minimum absolute atomic E-state index is 0.233. The number of ether oxygens (including phenoxy) is 2. The summed E-state index contributed by atoms with van der Waals surface area (Å²) in [5.74, 6) is 0.746. The largest absolute Gasteiger partial charge is 0.468 e. The summed E-state index contributed by atoms with van der Waals surface area (Å²) in [6.07, 6.45) is 1.72. The molecule has 1 N–H and O–H groups in total. The van der Waals surface area contributed by atoms with Crippen LogP contribution >= 0.6 is 11.3 Å². The second kappa shape index (κ2) is 6.86. The van der Waals surface area contributed by atoms with Crippen molar-refractivity contribution in [3.8, 4) is 5.75 Å². The molecule has 100 valence electrons. The Morgan fingerprint density at radius 1 is 1.47 bits per heavy atom. The molecule has 0 aliphatic carbocycles. The number of aromatic nitrogens is 1. The van der Waals surface area contributed by atoms with Crippen molar-refractivity contribution in [3.63, 3.8) is 0 Å². The molecular weight excluding hydrogens is 262 g/mol. The van der Waals surface area contributed by atoms with Gasteiger partial charge in [-0.25, -0.2) is 4.98 Å². The van der Waals surface area contributed by atoms with Crippen molar-refractivity contribution in [2.45, 2.75) is 6.92 Å². The van der Waals surface area contributed by atoms with Crippen LogP contribution in [-0.4, -0.2) is 25.1 Å². The molecule has 0 aliphatic rings. The molecule has 2 aromatic rings. The molecule has 0 atom stereocenters. The Morgan fingerprint density at radius 2 is 2.37 bits per heavy atom. The first-order valence-electron chi connectivity index (χ1n) is 5.71. The minimum Gasteiger partial charge on any atom is -0.468 e. The van der Waals surface area contributed by atoms with E-state index < -0.39 is 0 Å². The van der Waals surface area contributed by atoms with Gasteiger partial charge in [-0.2, -0.15) is 5.10 Å². The zero-order chi connectivity index (χ0) is 13.5. The summed E-state index contributed by atoms with van der Waals surface area (Å²) in [5, 5.41) is 6.88. The van der Waals surface area contributed by atoms with Gasteiger partial charge in [-0.05, 0) is 24.6 Å². The van der Waals surface area contributed by atoms with E-state index in [4.69, 9.17) is 9.47 Å². The van der Waals surface area contributed by atoms with E-state index in [9.17, 15) is 0 Å². The van der Waals surface area contributed by atoms with Gasteiger partial charge < -0.3 is 9.47 Å². The van der Waals surface area contributed by atoms with Crippen LogP contribution in [0.5, 0.6) is 5.75 Å². The van der Waals surface area contributed by atoms with Gasteiger partial charge in [0.25, 0.3) is 0 Å².